The number of hydrogen-bond donors (Lipinski definition) is 4. The fraction of sp³-hybridized carbons (Fsp3) is 0.125. The Morgan fingerprint density at radius 2 is 1.75 bits per heavy atom. The van der Waals surface area contributed by atoms with Crippen LogP contribution in [-0.2, 0) is 11.3 Å². The number of aryl methyl sites for hydroxylation is 1. The van der Waals surface area contributed by atoms with Crippen molar-refractivity contribution in [2.75, 3.05) is 0 Å². The van der Waals surface area contributed by atoms with Crippen molar-refractivity contribution in [1.82, 2.24) is 35.8 Å². The van der Waals surface area contributed by atoms with Crippen LogP contribution in [-0.4, -0.2) is 42.9 Å². The van der Waals surface area contributed by atoms with Gasteiger partial charge in [-0.15, -0.1) is 10.2 Å². The van der Waals surface area contributed by atoms with Gasteiger partial charge in [0.1, 0.15) is 35.9 Å². The first kappa shape index (κ1) is 24.1. The number of amides is 3. The number of halogens is 1. The van der Waals surface area contributed by atoms with Crippen LogP contribution in [0.25, 0.3) is 11.4 Å². The van der Waals surface area contributed by atoms with E-state index in [1.165, 1.54) is 18.5 Å². The molecule has 0 aliphatic carbocycles. The predicted octanol–water partition coefficient (Wildman–Crippen LogP) is 1.60. The minimum atomic E-state index is -1.14. The molecule has 5 N–H and O–H groups in total. The SMILES string of the molecule is Cc1cc(CNC(=O)c2cc(C(=O)N[C@@H](C(N)=O)c3ccc(-c4nnc[nH]4)cc3)ncn2)ccc1F. The maximum Gasteiger partial charge on any atom is 0.270 e. The number of nitrogens with one attached hydrogen (secondary N) is 3. The smallest absolute Gasteiger partial charge is 0.270 e. The van der Waals surface area contributed by atoms with Crippen molar-refractivity contribution in [2.45, 2.75) is 19.5 Å². The Kier molecular flexibility index (Phi) is 7.04. The van der Waals surface area contributed by atoms with Crippen molar-refractivity contribution in [2.24, 2.45) is 5.73 Å². The molecule has 2 aromatic heterocycles. The zero-order chi connectivity index (χ0) is 25.7. The van der Waals surface area contributed by atoms with Crippen molar-refractivity contribution in [3.05, 3.63) is 95.1 Å². The van der Waals surface area contributed by atoms with E-state index < -0.39 is 23.8 Å². The summed E-state index contributed by atoms with van der Waals surface area (Å²) in [5.41, 5.74) is 7.67. The van der Waals surface area contributed by atoms with Crippen molar-refractivity contribution in [1.29, 1.82) is 0 Å². The van der Waals surface area contributed by atoms with Gasteiger partial charge in [-0.05, 0) is 29.7 Å². The number of aromatic nitrogens is 5. The van der Waals surface area contributed by atoms with Crippen molar-refractivity contribution < 1.29 is 18.8 Å². The highest BCUT2D eigenvalue weighted by molar-refractivity contribution is 5.99. The van der Waals surface area contributed by atoms with Gasteiger partial charge >= 0.3 is 0 Å². The second kappa shape index (κ2) is 10.5. The van der Waals surface area contributed by atoms with Crippen LogP contribution in [0.4, 0.5) is 4.39 Å². The lowest BCUT2D eigenvalue weighted by Crippen LogP contribution is -2.38. The monoisotopic (exact) mass is 488 g/mol. The third-order valence-electron chi connectivity index (χ3n) is 5.30. The first-order valence-electron chi connectivity index (χ1n) is 10.7. The molecule has 182 valence electrons. The molecule has 12 heteroatoms. The number of rotatable bonds is 8. The van der Waals surface area contributed by atoms with Gasteiger partial charge in [-0.25, -0.2) is 14.4 Å². The second-order valence-electron chi connectivity index (χ2n) is 7.82. The molecule has 0 radical (unpaired) electrons. The topological polar surface area (TPSA) is 169 Å². The van der Waals surface area contributed by atoms with E-state index in [9.17, 15) is 18.8 Å². The first-order chi connectivity index (χ1) is 17.3. The highest BCUT2D eigenvalue weighted by atomic mass is 19.1. The minimum absolute atomic E-state index is 0.0546. The van der Waals surface area contributed by atoms with Gasteiger partial charge in [-0.2, -0.15) is 0 Å². The Hall–Kier alpha value is -5.00. The Balaban J connectivity index is 1.44. The average Bonchev–Trinajstić information content (AvgIpc) is 3.43. The van der Waals surface area contributed by atoms with Gasteiger partial charge in [-0.3, -0.25) is 14.4 Å². The van der Waals surface area contributed by atoms with Gasteiger partial charge < -0.3 is 21.4 Å². The van der Waals surface area contributed by atoms with Crippen LogP contribution < -0.4 is 16.4 Å². The van der Waals surface area contributed by atoms with Crippen LogP contribution in [0.5, 0.6) is 0 Å². The summed E-state index contributed by atoms with van der Waals surface area (Å²) in [4.78, 5) is 48.1. The molecule has 0 unspecified atom stereocenters. The fourth-order valence-electron chi connectivity index (χ4n) is 3.40. The van der Waals surface area contributed by atoms with Gasteiger partial charge in [0.15, 0.2) is 5.82 Å². The Labute approximate surface area is 204 Å². The summed E-state index contributed by atoms with van der Waals surface area (Å²) in [6, 6.07) is 11.2. The zero-order valence-corrected chi connectivity index (χ0v) is 19.0. The normalized spacial score (nSPS) is 11.5. The van der Waals surface area contributed by atoms with E-state index in [0.717, 1.165) is 11.9 Å². The second-order valence-corrected chi connectivity index (χ2v) is 7.82. The number of nitrogens with two attached hydrogens (primary N) is 1. The van der Waals surface area contributed by atoms with E-state index >= 15 is 0 Å². The van der Waals surface area contributed by atoms with Crippen LogP contribution in [0.2, 0.25) is 0 Å². The largest absolute Gasteiger partial charge is 0.368 e. The zero-order valence-electron chi connectivity index (χ0n) is 19.0. The molecule has 4 aromatic rings. The van der Waals surface area contributed by atoms with E-state index in [-0.39, 0.29) is 23.7 Å². The number of primary amides is 1. The summed E-state index contributed by atoms with van der Waals surface area (Å²) in [5.74, 6) is -1.84. The van der Waals surface area contributed by atoms with Gasteiger partial charge in [0.2, 0.25) is 5.91 Å². The lowest BCUT2D eigenvalue weighted by molar-refractivity contribution is -0.120. The molecule has 4 rings (SSSR count). The molecular formula is C24H21FN8O3. The summed E-state index contributed by atoms with van der Waals surface area (Å²) in [5, 5.41) is 12.8. The quantitative estimate of drug-likeness (QED) is 0.292. The van der Waals surface area contributed by atoms with Crippen LogP contribution >= 0.6 is 0 Å². The molecule has 0 saturated heterocycles. The number of aromatic amines is 1. The Morgan fingerprint density at radius 3 is 2.39 bits per heavy atom. The lowest BCUT2D eigenvalue weighted by Gasteiger charge is -2.16. The molecular weight excluding hydrogens is 467 g/mol. The summed E-state index contributed by atoms with van der Waals surface area (Å²) in [6.07, 6.45) is 2.51. The highest BCUT2D eigenvalue weighted by Gasteiger charge is 2.23. The standard InChI is InChI=1S/C24H21FN8O3/c1-13-8-14(2-7-17(13)25)10-27-23(35)18-9-19(29-11-28-18)24(36)32-20(21(26)34)15-3-5-16(6-4-15)22-30-12-31-33-22/h2-9,11-12,20H,10H2,1H3,(H2,26,34)(H,27,35)(H,32,36)(H,30,31,33)/t20-/m1/s1. The molecule has 1 atom stereocenters. The van der Waals surface area contributed by atoms with E-state index in [4.69, 9.17) is 5.73 Å². The Bertz CT molecular complexity index is 1410. The van der Waals surface area contributed by atoms with Crippen LogP contribution in [0.15, 0.2) is 61.2 Å². The predicted molar refractivity (Wildman–Crippen MR) is 126 cm³/mol. The molecule has 0 spiro atoms. The molecule has 0 aliphatic rings. The number of carbonyl (C=O) groups excluding carboxylic acids is 3. The molecule has 3 amide bonds. The molecule has 0 fully saturated rings. The minimum Gasteiger partial charge on any atom is -0.368 e. The summed E-state index contributed by atoms with van der Waals surface area (Å²) in [7, 11) is 0. The molecule has 36 heavy (non-hydrogen) atoms. The number of nitrogens with zero attached hydrogens (tertiary/aromatic N) is 4. The first-order valence-corrected chi connectivity index (χ1v) is 10.7. The van der Waals surface area contributed by atoms with E-state index in [2.05, 4.69) is 35.8 Å². The van der Waals surface area contributed by atoms with E-state index in [1.807, 2.05) is 0 Å². The van der Waals surface area contributed by atoms with Crippen molar-refractivity contribution >= 4 is 17.7 Å². The number of hydrogen-bond acceptors (Lipinski definition) is 7. The third-order valence-corrected chi connectivity index (χ3v) is 5.30. The number of H-pyrrole nitrogens is 1. The number of carbonyl (C=O) groups is 3. The Morgan fingerprint density at radius 1 is 1.03 bits per heavy atom. The summed E-state index contributed by atoms with van der Waals surface area (Å²) >= 11 is 0. The van der Waals surface area contributed by atoms with Crippen LogP contribution in [0.1, 0.15) is 43.7 Å². The van der Waals surface area contributed by atoms with Crippen molar-refractivity contribution in [3.8, 4) is 11.4 Å². The molecule has 0 saturated carbocycles. The van der Waals surface area contributed by atoms with E-state index in [1.54, 1.807) is 43.3 Å². The fourth-order valence-corrected chi connectivity index (χ4v) is 3.40. The highest BCUT2D eigenvalue weighted by Crippen LogP contribution is 2.19. The van der Waals surface area contributed by atoms with Gasteiger partial charge in [0.25, 0.3) is 11.8 Å². The summed E-state index contributed by atoms with van der Waals surface area (Å²) in [6.45, 7) is 1.76. The van der Waals surface area contributed by atoms with Crippen LogP contribution in [0, 0.1) is 12.7 Å². The third kappa shape index (κ3) is 5.55. The van der Waals surface area contributed by atoms with Gasteiger partial charge in [0.05, 0.1) is 0 Å². The molecule has 11 nitrogen and oxygen atoms in total. The maximum atomic E-state index is 13.4. The maximum absolute atomic E-state index is 13.4. The molecule has 2 aromatic carbocycles. The molecule has 2 heterocycles. The number of benzene rings is 2. The van der Waals surface area contributed by atoms with Crippen molar-refractivity contribution in [3.63, 3.8) is 0 Å². The van der Waals surface area contributed by atoms with Gasteiger partial charge in [0, 0.05) is 18.2 Å². The average molecular weight is 488 g/mol. The molecule has 0 bridgehead atoms. The van der Waals surface area contributed by atoms with Gasteiger partial charge in [-0.1, -0.05) is 36.4 Å². The molecule has 0 aliphatic heterocycles. The summed E-state index contributed by atoms with van der Waals surface area (Å²) < 4.78 is 13.4. The lowest BCUT2D eigenvalue weighted by atomic mass is 10.0. The van der Waals surface area contributed by atoms with Crippen LogP contribution in [0.3, 0.4) is 0 Å². The van der Waals surface area contributed by atoms with E-state index in [0.29, 0.717) is 22.5 Å².